The molecule has 0 aliphatic rings. The number of aromatic nitrogens is 6. The Kier molecular flexibility index (Phi) is 6.75. The molecule has 33 heavy (non-hydrogen) atoms. The molecular formula is C23H22N6OS3. The van der Waals surface area contributed by atoms with Gasteiger partial charge in [-0.2, -0.15) is 4.98 Å². The summed E-state index contributed by atoms with van der Waals surface area (Å²) in [6.45, 7) is 4.76. The smallest absolute Gasteiger partial charge is 0.239 e. The standard InChI is InChI=1S/C23H22N6OS3/c1-3-19-25-21(30-28-19)15(2)32-22-27-26-20(29(22)13-16-9-5-4-6-10-16)14-31-23-24-17-11-7-8-12-18(17)33-23/h4-12,15H,3,13-14H2,1-2H3. The SMILES string of the molecule is CCc1noc(C(C)Sc2nnc(CSc3nc4ccccc4s3)n2Cc2ccccc2)n1. The van der Waals surface area contributed by atoms with Crippen molar-refractivity contribution >= 4 is 45.1 Å². The normalized spacial score (nSPS) is 12.4. The van der Waals surface area contributed by atoms with Gasteiger partial charge in [-0.25, -0.2) is 4.98 Å². The summed E-state index contributed by atoms with van der Waals surface area (Å²) >= 11 is 4.98. The summed E-state index contributed by atoms with van der Waals surface area (Å²) in [5.74, 6) is 2.93. The van der Waals surface area contributed by atoms with Gasteiger partial charge in [0, 0.05) is 6.42 Å². The number of aryl methyl sites for hydroxylation is 1. The number of benzene rings is 2. The summed E-state index contributed by atoms with van der Waals surface area (Å²) in [6.07, 6.45) is 0.748. The number of rotatable bonds is 9. The van der Waals surface area contributed by atoms with Crippen molar-refractivity contribution < 1.29 is 4.52 Å². The van der Waals surface area contributed by atoms with E-state index in [4.69, 9.17) is 9.51 Å². The maximum Gasteiger partial charge on any atom is 0.239 e. The van der Waals surface area contributed by atoms with Gasteiger partial charge in [-0.3, -0.25) is 0 Å². The van der Waals surface area contributed by atoms with E-state index in [9.17, 15) is 0 Å². The van der Waals surface area contributed by atoms with Crippen molar-refractivity contribution in [2.45, 2.75) is 47.3 Å². The third kappa shape index (κ3) is 5.13. The summed E-state index contributed by atoms with van der Waals surface area (Å²) in [5, 5.41) is 13.9. The second-order valence-corrected chi connectivity index (χ2v) is 10.9. The summed E-state index contributed by atoms with van der Waals surface area (Å²) in [7, 11) is 0. The molecule has 0 bridgehead atoms. The lowest BCUT2D eigenvalue weighted by Gasteiger charge is -2.11. The highest BCUT2D eigenvalue weighted by Gasteiger charge is 2.21. The first kappa shape index (κ1) is 22.1. The van der Waals surface area contributed by atoms with Crippen LogP contribution < -0.4 is 0 Å². The van der Waals surface area contributed by atoms with Crippen LogP contribution in [0.2, 0.25) is 0 Å². The Morgan fingerprint density at radius 3 is 2.64 bits per heavy atom. The minimum absolute atomic E-state index is 0.0266. The van der Waals surface area contributed by atoms with E-state index in [0.29, 0.717) is 18.2 Å². The third-order valence-corrected chi connectivity index (χ3v) is 8.25. The molecule has 0 N–H and O–H groups in total. The maximum absolute atomic E-state index is 5.44. The Balaban J connectivity index is 1.38. The molecule has 0 aliphatic carbocycles. The molecule has 3 aromatic heterocycles. The fourth-order valence-corrected chi connectivity index (χ4v) is 6.17. The van der Waals surface area contributed by atoms with Crippen LogP contribution in [0.25, 0.3) is 10.2 Å². The first-order chi connectivity index (χ1) is 16.2. The number of fused-ring (bicyclic) bond motifs is 1. The van der Waals surface area contributed by atoms with Crippen LogP contribution in [0.1, 0.15) is 42.2 Å². The van der Waals surface area contributed by atoms with Crippen LogP contribution >= 0.6 is 34.9 Å². The van der Waals surface area contributed by atoms with Crippen LogP contribution in [0.15, 0.2) is 68.6 Å². The number of thiazole rings is 1. The van der Waals surface area contributed by atoms with Crippen molar-refractivity contribution in [3.63, 3.8) is 0 Å². The van der Waals surface area contributed by atoms with Crippen LogP contribution in [0.4, 0.5) is 0 Å². The van der Waals surface area contributed by atoms with Crippen LogP contribution in [0.3, 0.4) is 0 Å². The zero-order chi connectivity index (χ0) is 22.6. The first-order valence-electron chi connectivity index (χ1n) is 10.6. The Morgan fingerprint density at radius 2 is 1.85 bits per heavy atom. The fraction of sp³-hybridized carbons (Fsp3) is 0.261. The minimum atomic E-state index is -0.0266. The van der Waals surface area contributed by atoms with Gasteiger partial charge in [0.1, 0.15) is 5.82 Å². The fourth-order valence-electron chi connectivity index (χ4n) is 3.26. The van der Waals surface area contributed by atoms with Gasteiger partial charge in [0.2, 0.25) is 5.89 Å². The van der Waals surface area contributed by atoms with Crippen molar-refractivity contribution in [3.05, 3.63) is 77.7 Å². The monoisotopic (exact) mass is 494 g/mol. The second kappa shape index (κ2) is 10.1. The molecule has 1 atom stereocenters. The Bertz CT molecular complexity index is 1310. The number of hydrogen-bond donors (Lipinski definition) is 0. The van der Waals surface area contributed by atoms with Gasteiger partial charge >= 0.3 is 0 Å². The minimum Gasteiger partial charge on any atom is -0.338 e. The van der Waals surface area contributed by atoms with E-state index in [1.807, 2.05) is 31.2 Å². The number of hydrogen-bond acceptors (Lipinski definition) is 9. The predicted molar refractivity (Wildman–Crippen MR) is 133 cm³/mol. The zero-order valence-electron chi connectivity index (χ0n) is 18.2. The molecule has 0 fully saturated rings. The molecule has 168 valence electrons. The molecule has 3 heterocycles. The summed E-state index contributed by atoms with van der Waals surface area (Å²) in [4.78, 5) is 9.21. The highest BCUT2D eigenvalue weighted by atomic mass is 32.2. The highest BCUT2D eigenvalue weighted by Crippen LogP contribution is 2.35. The first-order valence-corrected chi connectivity index (χ1v) is 13.3. The van der Waals surface area contributed by atoms with Crippen LogP contribution in [0, 0.1) is 0 Å². The van der Waals surface area contributed by atoms with Gasteiger partial charge in [-0.1, -0.05) is 78.1 Å². The van der Waals surface area contributed by atoms with E-state index in [0.717, 1.165) is 33.1 Å². The lowest BCUT2D eigenvalue weighted by atomic mass is 10.2. The largest absolute Gasteiger partial charge is 0.338 e. The lowest BCUT2D eigenvalue weighted by Crippen LogP contribution is -2.06. The van der Waals surface area contributed by atoms with E-state index in [1.54, 1.807) is 34.9 Å². The number of para-hydroxylation sites is 1. The maximum atomic E-state index is 5.44. The molecule has 0 saturated heterocycles. The van der Waals surface area contributed by atoms with Crippen LogP contribution in [-0.4, -0.2) is 29.9 Å². The van der Waals surface area contributed by atoms with Crippen molar-refractivity contribution in [1.29, 1.82) is 0 Å². The van der Waals surface area contributed by atoms with Crippen molar-refractivity contribution in [1.82, 2.24) is 29.9 Å². The van der Waals surface area contributed by atoms with Gasteiger partial charge in [0.05, 0.1) is 27.8 Å². The quantitative estimate of drug-likeness (QED) is 0.230. The van der Waals surface area contributed by atoms with Gasteiger partial charge < -0.3 is 9.09 Å². The van der Waals surface area contributed by atoms with Gasteiger partial charge in [-0.15, -0.1) is 21.5 Å². The van der Waals surface area contributed by atoms with E-state index in [1.165, 1.54) is 10.3 Å². The Morgan fingerprint density at radius 1 is 1.03 bits per heavy atom. The molecule has 0 amide bonds. The molecule has 5 rings (SSSR count). The Labute approximate surface area is 204 Å². The zero-order valence-corrected chi connectivity index (χ0v) is 20.7. The summed E-state index contributed by atoms with van der Waals surface area (Å²) in [6, 6.07) is 18.6. The van der Waals surface area contributed by atoms with Gasteiger partial charge in [0.25, 0.3) is 0 Å². The lowest BCUT2D eigenvalue weighted by molar-refractivity contribution is 0.375. The second-order valence-electron chi connectivity index (χ2n) is 7.37. The molecule has 5 aromatic rings. The predicted octanol–water partition coefficient (Wildman–Crippen LogP) is 6.03. The molecule has 0 radical (unpaired) electrons. The highest BCUT2D eigenvalue weighted by molar-refractivity contribution is 8.00. The van der Waals surface area contributed by atoms with E-state index in [2.05, 4.69) is 62.2 Å². The molecular weight excluding hydrogens is 472 g/mol. The van der Waals surface area contributed by atoms with Crippen LogP contribution in [0.5, 0.6) is 0 Å². The van der Waals surface area contributed by atoms with E-state index in [-0.39, 0.29) is 5.25 Å². The molecule has 0 spiro atoms. The summed E-state index contributed by atoms with van der Waals surface area (Å²) < 4.78 is 9.84. The average molecular weight is 495 g/mol. The molecule has 7 nitrogen and oxygen atoms in total. The number of nitrogens with zero attached hydrogens (tertiary/aromatic N) is 6. The molecule has 0 saturated carbocycles. The molecule has 2 aromatic carbocycles. The average Bonchev–Trinajstić information content (AvgIpc) is 3.57. The molecule has 10 heteroatoms. The Hall–Kier alpha value is -2.69. The van der Waals surface area contributed by atoms with E-state index >= 15 is 0 Å². The van der Waals surface area contributed by atoms with Crippen molar-refractivity contribution in [3.8, 4) is 0 Å². The van der Waals surface area contributed by atoms with E-state index < -0.39 is 0 Å². The molecule has 0 aliphatic heterocycles. The van der Waals surface area contributed by atoms with Gasteiger partial charge in [-0.05, 0) is 24.6 Å². The van der Waals surface area contributed by atoms with Crippen molar-refractivity contribution in [2.75, 3.05) is 0 Å². The third-order valence-electron chi connectivity index (χ3n) is 5.01. The van der Waals surface area contributed by atoms with Crippen molar-refractivity contribution in [2.24, 2.45) is 0 Å². The number of thioether (sulfide) groups is 2. The summed E-state index contributed by atoms with van der Waals surface area (Å²) in [5.41, 5.74) is 2.23. The topological polar surface area (TPSA) is 82.5 Å². The molecule has 1 unspecified atom stereocenters. The van der Waals surface area contributed by atoms with Crippen LogP contribution in [-0.2, 0) is 18.7 Å². The van der Waals surface area contributed by atoms with Gasteiger partial charge in [0.15, 0.2) is 15.3 Å².